The number of methoxy groups -OCH3 is 1. The summed E-state index contributed by atoms with van der Waals surface area (Å²) in [5.41, 5.74) is 0.207. The Morgan fingerprint density at radius 1 is 1.57 bits per heavy atom. The number of carbonyl (C=O) groups excluding carboxylic acids is 1. The third-order valence-electron chi connectivity index (χ3n) is 3.56. The van der Waals surface area contributed by atoms with Gasteiger partial charge in [0.15, 0.2) is 0 Å². The highest BCUT2D eigenvalue weighted by Gasteiger charge is 2.45. The van der Waals surface area contributed by atoms with Crippen LogP contribution in [-0.2, 0) is 14.3 Å². The summed E-state index contributed by atoms with van der Waals surface area (Å²) in [5.74, 6) is -2.89. The molecule has 0 saturated carbocycles. The molecule has 1 aromatic carbocycles. The fourth-order valence-corrected chi connectivity index (χ4v) is 2.97. The quantitative estimate of drug-likeness (QED) is 0.875. The Morgan fingerprint density at radius 3 is 2.90 bits per heavy atom. The van der Waals surface area contributed by atoms with Crippen LogP contribution >= 0.6 is 15.9 Å². The maximum absolute atomic E-state index is 14.1. The first-order chi connectivity index (χ1) is 9.95. The number of carbonyl (C=O) groups is 2. The zero-order valence-electron chi connectivity index (χ0n) is 11.4. The van der Waals surface area contributed by atoms with Crippen LogP contribution in [0.4, 0.5) is 4.39 Å². The summed E-state index contributed by atoms with van der Waals surface area (Å²) in [7, 11) is 1.49. The van der Waals surface area contributed by atoms with Gasteiger partial charge in [-0.25, -0.2) is 4.39 Å². The third kappa shape index (κ3) is 3.24. The lowest BCUT2D eigenvalue weighted by molar-refractivity contribution is -0.142. The van der Waals surface area contributed by atoms with Gasteiger partial charge < -0.3 is 14.7 Å². The average Bonchev–Trinajstić information content (AvgIpc) is 2.76. The second-order valence-electron chi connectivity index (χ2n) is 4.84. The Kier molecular flexibility index (Phi) is 4.95. The average molecular weight is 360 g/mol. The number of carboxylic acid groups (broad SMARTS) is 1. The standard InChI is InChI=1S/C14H15BrFNO4/c1-21-5-4-17-12(18)7-10(14(19)20)13(17)9-6-8(15)2-3-11(9)16/h2-3,6,10,13H,4-5,7H2,1H3,(H,19,20). The van der Waals surface area contributed by atoms with Crippen molar-refractivity contribution < 1.29 is 23.8 Å². The van der Waals surface area contributed by atoms with Gasteiger partial charge in [0, 0.05) is 30.1 Å². The van der Waals surface area contributed by atoms with Crippen LogP contribution in [0.5, 0.6) is 0 Å². The van der Waals surface area contributed by atoms with Gasteiger partial charge in [0.2, 0.25) is 5.91 Å². The number of hydrogen-bond acceptors (Lipinski definition) is 3. The zero-order chi connectivity index (χ0) is 15.6. The van der Waals surface area contributed by atoms with Crippen molar-refractivity contribution in [2.24, 2.45) is 5.92 Å². The van der Waals surface area contributed by atoms with E-state index in [1.54, 1.807) is 0 Å². The number of hydrogen-bond donors (Lipinski definition) is 1. The lowest BCUT2D eigenvalue weighted by Gasteiger charge is -2.27. The van der Waals surface area contributed by atoms with Gasteiger partial charge in [-0.15, -0.1) is 0 Å². The molecule has 1 aliphatic rings. The van der Waals surface area contributed by atoms with Crippen molar-refractivity contribution in [2.45, 2.75) is 12.5 Å². The van der Waals surface area contributed by atoms with Crippen LogP contribution in [0.1, 0.15) is 18.0 Å². The third-order valence-corrected chi connectivity index (χ3v) is 4.06. The van der Waals surface area contributed by atoms with E-state index in [1.807, 2.05) is 0 Å². The Balaban J connectivity index is 2.43. The van der Waals surface area contributed by atoms with Crippen LogP contribution in [0.15, 0.2) is 22.7 Å². The molecule has 1 N–H and O–H groups in total. The van der Waals surface area contributed by atoms with Crippen molar-refractivity contribution in [3.05, 3.63) is 34.1 Å². The van der Waals surface area contributed by atoms with E-state index in [9.17, 15) is 19.1 Å². The molecule has 1 amide bonds. The second-order valence-corrected chi connectivity index (χ2v) is 5.76. The van der Waals surface area contributed by atoms with Crippen molar-refractivity contribution in [2.75, 3.05) is 20.3 Å². The van der Waals surface area contributed by atoms with Gasteiger partial charge in [0.05, 0.1) is 18.6 Å². The van der Waals surface area contributed by atoms with Crippen LogP contribution in [0.25, 0.3) is 0 Å². The number of benzene rings is 1. The number of carboxylic acids is 1. The van der Waals surface area contributed by atoms with Gasteiger partial charge in [-0.3, -0.25) is 9.59 Å². The van der Waals surface area contributed by atoms with Crippen molar-refractivity contribution in [1.29, 1.82) is 0 Å². The van der Waals surface area contributed by atoms with Gasteiger partial charge in [-0.1, -0.05) is 15.9 Å². The first kappa shape index (κ1) is 15.9. The lowest BCUT2D eigenvalue weighted by Crippen LogP contribution is -2.33. The van der Waals surface area contributed by atoms with Crippen molar-refractivity contribution in [1.82, 2.24) is 4.90 Å². The highest BCUT2D eigenvalue weighted by molar-refractivity contribution is 9.10. The van der Waals surface area contributed by atoms with Gasteiger partial charge in [-0.05, 0) is 18.2 Å². The minimum absolute atomic E-state index is 0.129. The molecule has 1 saturated heterocycles. The number of rotatable bonds is 5. The van der Waals surface area contributed by atoms with Crippen LogP contribution < -0.4 is 0 Å². The summed E-state index contributed by atoms with van der Waals surface area (Å²) in [6.45, 7) is 0.500. The van der Waals surface area contributed by atoms with E-state index in [0.717, 1.165) is 0 Å². The van der Waals surface area contributed by atoms with E-state index >= 15 is 0 Å². The number of halogens is 2. The van der Waals surface area contributed by atoms with Crippen LogP contribution in [0.3, 0.4) is 0 Å². The van der Waals surface area contributed by atoms with Crippen LogP contribution in [-0.4, -0.2) is 42.1 Å². The van der Waals surface area contributed by atoms with Gasteiger partial charge in [0.25, 0.3) is 0 Å². The lowest BCUT2D eigenvalue weighted by atomic mass is 9.93. The molecule has 2 unspecified atom stereocenters. The SMILES string of the molecule is COCCN1C(=O)CC(C(=O)O)C1c1cc(Br)ccc1F. The fraction of sp³-hybridized carbons (Fsp3) is 0.429. The molecule has 1 heterocycles. The molecule has 2 rings (SSSR count). The number of amides is 1. The first-order valence-electron chi connectivity index (χ1n) is 6.42. The number of likely N-dealkylation sites (tertiary alicyclic amines) is 1. The number of nitrogens with zero attached hydrogens (tertiary/aromatic N) is 1. The van der Waals surface area contributed by atoms with Gasteiger partial charge in [-0.2, -0.15) is 0 Å². The Morgan fingerprint density at radius 2 is 2.29 bits per heavy atom. The highest BCUT2D eigenvalue weighted by atomic mass is 79.9. The number of ether oxygens (including phenoxy) is 1. The normalized spacial score (nSPS) is 21.9. The second kappa shape index (κ2) is 6.53. The molecule has 1 aromatic rings. The van der Waals surface area contributed by atoms with Crippen molar-refractivity contribution >= 4 is 27.8 Å². The summed E-state index contributed by atoms with van der Waals surface area (Å²) >= 11 is 3.25. The molecular weight excluding hydrogens is 345 g/mol. The summed E-state index contributed by atoms with van der Waals surface area (Å²) < 4.78 is 19.7. The van der Waals surface area contributed by atoms with E-state index in [4.69, 9.17) is 4.74 Å². The minimum atomic E-state index is -1.10. The molecule has 114 valence electrons. The molecule has 0 aliphatic carbocycles. The monoisotopic (exact) mass is 359 g/mol. The maximum Gasteiger partial charge on any atom is 0.309 e. The summed E-state index contributed by atoms with van der Waals surface area (Å²) in [6.07, 6.45) is -0.129. The van der Waals surface area contributed by atoms with Crippen molar-refractivity contribution in [3.63, 3.8) is 0 Å². The predicted molar refractivity (Wildman–Crippen MR) is 76.2 cm³/mol. The van der Waals surface area contributed by atoms with Crippen LogP contribution in [0.2, 0.25) is 0 Å². The Hall–Kier alpha value is -1.47. The Labute approximate surface area is 129 Å². The predicted octanol–water partition coefficient (Wildman–Crippen LogP) is 2.21. The fourth-order valence-electron chi connectivity index (χ4n) is 2.59. The molecule has 0 radical (unpaired) electrons. The molecule has 0 spiro atoms. The van der Waals surface area contributed by atoms with Gasteiger partial charge >= 0.3 is 5.97 Å². The highest BCUT2D eigenvalue weighted by Crippen LogP contribution is 2.39. The molecule has 5 nitrogen and oxygen atoms in total. The molecular formula is C14H15BrFNO4. The molecule has 0 aromatic heterocycles. The zero-order valence-corrected chi connectivity index (χ0v) is 13.0. The molecule has 7 heteroatoms. The summed E-state index contributed by atoms with van der Waals surface area (Å²) in [5, 5.41) is 9.32. The first-order valence-corrected chi connectivity index (χ1v) is 7.21. The molecule has 21 heavy (non-hydrogen) atoms. The summed E-state index contributed by atoms with van der Waals surface area (Å²) in [6, 6.07) is 3.50. The molecule has 2 atom stereocenters. The van der Waals surface area contributed by atoms with E-state index in [0.29, 0.717) is 4.47 Å². The van der Waals surface area contributed by atoms with Gasteiger partial charge in [0.1, 0.15) is 5.82 Å². The smallest absolute Gasteiger partial charge is 0.309 e. The van der Waals surface area contributed by atoms with E-state index in [1.165, 1.54) is 30.2 Å². The molecule has 1 fully saturated rings. The van der Waals surface area contributed by atoms with E-state index in [-0.39, 0.29) is 31.0 Å². The largest absolute Gasteiger partial charge is 0.481 e. The van der Waals surface area contributed by atoms with Crippen LogP contribution in [0, 0.1) is 11.7 Å². The topological polar surface area (TPSA) is 66.8 Å². The Bertz CT molecular complexity index is 566. The number of aliphatic carboxylic acids is 1. The van der Waals surface area contributed by atoms with E-state index < -0.39 is 23.7 Å². The summed E-state index contributed by atoms with van der Waals surface area (Å²) in [4.78, 5) is 24.8. The maximum atomic E-state index is 14.1. The van der Waals surface area contributed by atoms with E-state index in [2.05, 4.69) is 15.9 Å². The minimum Gasteiger partial charge on any atom is -0.481 e. The molecule has 1 aliphatic heterocycles. The molecule has 0 bridgehead atoms. The van der Waals surface area contributed by atoms with Crippen molar-refractivity contribution in [3.8, 4) is 0 Å².